The van der Waals surface area contributed by atoms with E-state index in [2.05, 4.69) is 29.8 Å². The Labute approximate surface area is 194 Å². The molecule has 0 fully saturated rings. The highest BCUT2D eigenvalue weighted by Gasteiger charge is 2.33. The van der Waals surface area contributed by atoms with E-state index < -0.39 is 0 Å². The Morgan fingerprint density at radius 3 is 2.72 bits per heavy atom. The van der Waals surface area contributed by atoms with Crippen molar-refractivity contribution in [3.05, 3.63) is 88.5 Å². The van der Waals surface area contributed by atoms with Crippen LogP contribution in [0.3, 0.4) is 0 Å². The molecule has 0 N–H and O–H groups in total. The van der Waals surface area contributed by atoms with Crippen LogP contribution in [0.15, 0.2) is 82.2 Å². The molecule has 2 aromatic carbocycles. The standard InChI is InChI=1S/C25H22FN3OS2/c1-2-28-15-24(19-6-3-4-7-21(19)28)32-16-25(30)29-22(17-9-11-18(26)12-10-17)14-20(27-29)23-8-5-13-31-23/h3-13,15,22H,2,14,16H2,1H3. The molecule has 4 aromatic rings. The number of benzene rings is 2. The van der Waals surface area contributed by atoms with Crippen molar-refractivity contribution in [1.29, 1.82) is 0 Å². The summed E-state index contributed by atoms with van der Waals surface area (Å²) < 4.78 is 15.7. The van der Waals surface area contributed by atoms with Gasteiger partial charge in [0, 0.05) is 35.0 Å². The van der Waals surface area contributed by atoms with Gasteiger partial charge >= 0.3 is 0 Å². The minimum Gasteiger partial charge on any atom is -0.347 e. The Kier molecular flexibility index (Phi) is 5.85. The van der Waals surface area contributed by atoms with E-state index in [1.807, 2.05) is 29.6 Å². The highest BCUT2D eigenvalue weighted by Crippen LogP contribution is 2.36. The van der Waals surface area contributed by atoms with Crippen molar-refractivity contribution in [2.24, 2.45) is 5.10 Å². The molecule has 0 bridgehead atoms. The Hall–Kier alpha value is -2.90. The largest absolute Gasteiger partial charge is 0.347 e. The molecule has 7 heteroatoms. The number of para-hydroxylation sites is 1. The molecule has 32 heavy (non-hydrogen) atoms. The van der Waals surface area contributed by atoms with Crippen molar-refractivity contribution >= 4 is 45.6 Å². The Balaban J connectivity index is 1.40. The van der Waals surface area contributed by atoms with Gasteiger partial charge in [-0.15, -0.1) is 23.1 Å². The van der Waals surface area contributed by atoms with E-state index >= 15 is 0 Å². The van der Waals surface area contributed by atoms with E-state index in [0.717, 1.165) is 33.0 Å². The number of aryl methyl sites for hydroxylation is 1. The van der Waals surface area contributed by atoms with Crippen LogP contribution in [-0.2, 0) is 11.3 Å². The fourth-order valence-corrected chi connectivity index (χ4v) is 5.73. The van der Waals surface area contributed by atoms with E-state index in [4.69, 9.17) is 5.10 Å². The molecule has 4 nitrogen and oxygen atoms in total. The number of carbonyl (C=O) groups is 1. The molecule has 0 radical (unpaired) electrons. The van der Waals surface area contributed by atoms with Crippen LogP contribution in [0, 0.1) is 5.82 Å². The van der Waals surface area contributed by atoms with E-state index in [9.17, 15) is 9.18 Å². The predicted octanol–water partition coefficient (Wildman–Crippen LogP) is 6.33. The van der Waals surface area contributed by atoms with Crippen LogP contribution >= 0.6 is 23.1 Å². The average molecular weight is 464 g/mol. The first-order chi connectivity index (χ1) is 15.6. The van der Waals surface area contributed by atoms with Crippen molar-refractivity contribution < 1.29 is 9.18 Å². The maximum atomic E-state index is 13.5. The van der Waals surface area contributed by atoms with Gasteiger partial charge in [0.15, 0.2) is 0 Å². The average Bonchev–Trinajstić information content (AvgIpc) is 3.56. The SMILES string of the molecule is CCn1cc(SCC(=O)N2N=C(c3cccs3)CC2c2ccc(F)cc2)c2ccccc21. The smallest absolute Gasteiger partial charge is 0.253 e. The third kappa shape index (κ3) is 3.98. The molecule has 2 aromatic heterocycles. The Morgan fingerprint density at radius 2 is 1.97 bits per heavy atom. The molecule has 0 saturated carbocycles. The highest BCUT2D eigenvalue weighted by molar-refractivity contribution is 8.00. The molecule has 1 amide bonds. The first-order valence-electron chi connectivity index (χ1n) is 10.5. The Morgan fingerprint density at radius 1 is 1.16 bits per heavy atom. The molecule has 3 heterocycles. The summed E-state index contributed by atoms with van der Waals surface area (Å²) in [5.74, 6) is -0.0486. The maximum absolute atomic E-state index is 13.5. The monoisotopic (exact) mass is 463 g/mol. The zero-order valence-corrected chi connectivity index (χ0v) is 19.2. The van der Waals surface area contributed by atoms with Gasteiger partial charge in [0.05, 0.1) is 22.4 Å². The molecule has 0 aliphatic carbocycles. The van der Waals surface area contributed by atoms with Crippen LogP contribution in [0.25, 0.3) is 10.9 Å². The second kappa shape index (κ2) is 8.92. The number of fused-ring (bicyclic) bond motifs is 1. The number of hydrogen-bond donors (Lipinski definition) is 0. The summed E-state index contributed by atoms with van der Waals surface area (Å²) in [6, 6.07) is 18.4. The Bertz CT molecular complexity index is 1280. The number of amides is 1. The molecule has 1 aliphatic heterocycles. The third-order valence-corrected chi connectivity index (χ3v) is 7.62. The molecule has 1 aliphatic rings. The van der Waals surface area contributed by atoms with Crippen molar-refractivity contribution in [2.45, 2.75) is 30.8 Å². The lowest BCUT2D eigenvalue weighted by atomic mass is 10.0. The molecule has 162 valence electrons. The van der Waals surface area contributed by atoms with Gasteiger partial charge in [0.2, 0.25) is 0 Å². The second-order valence-corrected chi connectivity index (χ2v) is 9.58. The molecular weight excluding hydrogens is 441 g/mol. The first-order valence-corrected chi connectivity index (χ1v) is 12.4. The van der Waals surface area contributed by atoms with Crippen molar-refractivity contribution in [1.82, 2.24) is 9.58 Å². The van der Waals surface area contributed by atoms with E-state index in [1.54, 1.807) is 40.2 Å². The van der Waals surface area contributed by atoms with Crippen molar-refractivity contribution in [2.75, 3.05) is 5.75 Å². The lowest BCUT2D eigenvalue weighted by Gasteiger charge is -2.22. The number of rotatable bonds is 6. The molecule has 1 atom stereocenters. The quantitative estimate of drug-likeness (QED) is 0.313. The lowest BCUT2D eigenvalue weighted by Crippen LogP contribution is -2.28. The summed E-state index contributed by atoms with van der Waals surface area (Å²) in [7, 11) is 0. The van der Waals surface area contributed by atoms with Gasteiger partial charge in [-0.25, -0.2) is 9.40 Å². The van der Waals surface area contributed by atoms with Crippen molar-refractivity contribution in [3.63, 3.8) is 0 Å². The number of halogens is 1. The number of hydrazone groups is 1. The number of nitrogens with zero attached hydrogens (tertiary/aromatic N) is 3. The maximum Gasteiger partial charge on any atom is 0.253 e. The normalized spacial score (nSPS) is 16.0. The molecule has 0 spiro atoms. The van der Waals surface area contributed by atoms with Crippen LogP contribution in [0.1, 0.15) is 29.8 Å². The fraction of sp³-hybridized carbons (Fsp3) is 0.200. The van der Waals surface area contributed by atoms with Gasteiger partial charge in [-0.3, -0.25) is 4.79 Å². The summed E-state index contributed by atoms with van der Waals surface area (Å²) in [6.45, 7) is 2.99. The molecule has 0 saturated heterocycles. The van der Waals surface area contributed by atoms with Crippen LogP contribution < -0.4 is 0 Å². The summed E-state index contributed by atoms with van der Waals surface area (Å²) in [5, 5.41) is 9.46. The molecular formula is C25H22FN3OS2. The number of thiophene rings is 1. The van der Waals surface area contributed by atoms with Crippen LogP contribution in [0.5, 0.6) is 0 Å². The number of carbonyl (C=O) groups excluding carboxylic acids is 1. The summed E-state index contributed by atoms with van der Waals surface area (Å²) in [4.78, 5) is 15.5. The van der Waals surface area contributed by atoms with Gasteiger partial charge in [-0.2, -0.15) is 5.10 Å². The van der Waals surface area contributed by atoms with Gasteiger partial charge in [0.25, 0.3) is 5.91 Å². The van der Waals surface area contributed by atoms with Gasteiger partial charge in [-0.1, -0.05) is 36.4 Å². The topological polar surface area (TPSA) is 37.6 Å². The number of thioether (sulfide) groups is 1. The zero-order chi connectivity index (χ0) is 22.1. The molecule has 5 rings (SSSR count). The minimum absolute atomic E-state index is 0.0517. The number of hydrogen-bond acceptors (Lipinski definition) is 4. The molecule has 1 unspecified atom stereocenters. The minimum atomic E-state index is -0.285. The number of aromatic nitrogens is 1. The summed E-state index contributed by atoms with van der Waals surface area (Å²) >= 11 is 3.15. The van der Waals surface area contributed by atoms with Gasteiger partial charge < -0.3 is 4.57 Å². The lowest BCUT2D eigenvalue weighted by molar-refractivity contribution is -0.130. The fourth-order valence-electron chi connectivity index (χ4n) is 4.07. The summed E-state index contributed by atoms with van der Waals surface area (Å²) in [5.41, 5.74) is 2.96. The first kappa shape index (κ1) is 21.0. The van der Waals surface area contributed by atoms with Crippen LogP contribution in [-0.4, -0.2) is 26.9 Å². The second-order valence-electron chi connectivity index (χ2n) is 7.62. The van der Waals surface area contributed by atoms with Crippen LogP contribution in [0.2, 0.25) is 0 Å². The summed E-state index contributed by atoms with van der Waals surface area (Å²) in [6.07, 6.45) is 2.74. The van der Waals surface area contributed by atoms with Crippen molar-refractivity contribution in [3.8, 4) is 0 Å². The van der Waals surface area contributed by atoms with E-state index in [0.29, 0.717) is 6.42 Å². The van der Waals surface area contributed by atoms with Crippen LogP contribution in [0.4, 0.5) is 4.39 Å². The highest BCUT2D eigenvalue weighted by atomic mass is 32.2. The van der Waals surface area contributed by atoms with Gasteiger partial charge in [-0.05, 0) is 42.1 Å². The van der Waals surface area contributed by atoms with Gasteiger partial charge in [0.1, 0.15) is 5.82 Å². The van der Waals surface area contributed by atoms with E-state index in [-0.39, 0.29) is 23.5 Å². The van der Waals surface area contributed by atoms with E-state index in [1.165, 1.54) is 17.6 Å². The predicted molar refractivity (Wildman–Crippen MR) is 130 cm³/mol. The third-order valence-electron chi connectivity index (χ3n) is 5.67. The zero-order valence-electron chi connectivity index (χ0n) is 17.6.